The number of aromatic nitrogens is 2. The molecule has 1 saturated heterocycles. The number of anilines is 1. The summed E-state index contributed by atoms with van der Waals surface area (Å²) in [7, 11) is 0. The Bertz CT molecular complexity index is 684. The molecule has 0 bridgehead atoms. The zero-order valence-electron chi connectivity index (χ0n) is 11.5. The fourth-order valence-corrected chi connectivity index (χ4v) is 3.05. The predicted molar refractivity (Wildman–Crippen MR) is 81.8 cm³/mol. The number of halogens is 4. The highest BCUT2D eigenvalue weighted by Gasteiger charge is 2.31. The van der Waals surface area contributed by atoms with Crippen LogP contribution in [0.2, 0.25) is 0 Å². The molecule has 4 nitrogen and oxygen atoms in total. The number of hydrogen-bond acceptors (Lipinski definition) is 4. The summed E-state index contributed by atoms with van der Waals surface area (Å²) in [6.07, 6.45) is -1.03. The maximum Gasteiger partial charge on any atom is 0.416 e. The molecule has 0 radical (unpaired) electrons. The molecule has 0 spiro atoms. The highest BCUT2D eigenvalue weighted by Crippen LogP contribution is 2.34. The van der Waals surface area contributed by atoms with Crippen molar-refractivity contribution in [3.63, 3.8) is 0 Å². The summed E-state index contributed by atoms with van der Waals surface area (Å²) in [5, 5.41) is 6.86. The van der Waals surface area contributed by atoms with E-state index >= 15 is 0 Å². The summed E-state index contributed by atoms with van der Waals surface area (Å²) in [5.41, 5.74) is -0.242. The molecular weight excluding hydrogens is 361 g/mol. The molecule has 2 heterocycles. The third kappa shape index (κ3) is 3.33. The molecule has 1 aromatic carbocycles. The highest BCUT2D eigenvalue weighted by molar-refractivity contribution is 9.10. The Morgan fingerprint density at radius 1 is 1.23 bits per heavy atom. The van der Waals surface area contributed by atoms with Gasteiger partial charge in [-0.1, -0.05) is 0 Å². The van der Waals surface area contributed by atoms with E-state index in [-0.39, 0.29) is 6.04 Å². The van der Waals surface area contributed by atoms with E-state index in [4.69, 9.17) is 0 Å². The lowest BCUT2D eigenvalue weighted by molar-refractivity contribution is -0.137. The first-order valence-electron chi connectivity index (χ1n) is 6.94. The van der Waals surface area contributed by atoms with Gasteiger partial charge in [0, 0.05) is 22.1 Å². The average molecular weight is 375 g/mol. The van der Waals surface area contributed by atoms with Gasteiger partial charge in [0.25, 0.3) is 0 Å². The van der Waals surface area contributed by atoms with Crippen molar-refractivity contribution < 1.29 is 13.2 Å². The van der Waals surface area contributed by atoms with Crippen molar-refractivity contribution in [2.24, 2.45) is 0 Å². The first-order chi connectivity index (χ1) is 10.4. The molecule has 0 unspecified atom stereocenters. The lowest BCUT2D eigenvalue weighted by Crippen LogP contribution is -2.35. The first kappa shape index (κ1) is 15.5. The van der Waals surface area contributed by atoms with Crippen molar-refractivity contribution >= 4 is 32.8 Å². The largest absolute Gasteiger partial charge is 0.416 e. The lowest BCUT2D eigenvalue weighted by Gasteiger charge is -2.23. The van der Waals surface area contributed by atoms with Crippen LogP contribution in [-0.4, -0.2) is 29.1 Å². The molecule has 8 heteroatoms. The van der Waals surface area contributed by atoms with Crippen LogP contribution >= 0.6 is 15.9 Å². The first-order valence-corrected chi connectivity index (χ1v) is 7.73. The van der Waals surface area contributed by atoms with Crippen molar-refractivity contribution in [1.82, 2.24) is 15.3 Å². The summed E-state index contributed by atoms with van der Waals surface area (Å²) in [5.74, 6) is 0.444. The van der Waals surface area contributed by atoms with Crippen LogP contribution in [0.4, 0.5) is 19.1 Å². The van der Waals surface area contributed by atoms with Crippen molar-refractivity contribution in [1.29, 1.82) is 0 Å². The smallest absolute Gasteiger partial charge is 0.351 e. The maximum absolute atomic E-state index is 12.8. The van der Waals surface area contributed by atoms with E-state index in [9.17, 15) is 13.2 Å². The molecule has 118 valence electrons. The van der Waals surface area contributed by atoms with Gasteiger partial charge in [0.1, 0.15) is 0 Å². The van der Waals surface area contributed by atoms with E-state index < -0.39 is 11.7 Å². The summed E-state index contributed by atoms with van der Waals surface area (Å²) < 4.78 is 38.7. The van der Waals surface area contributed by atoms with Crippen LogP contribution in [0.5, 0.6) is 0 Å². The zero-order chi connectivity index (χ0) is 15.7. The van der Waals surface area contributed by atoms with Gasteiger partial charge in [0.2, 0.25) is 5.95 Å². The molecule has 2 aromatic rings. The van der Waals surface area contributed by atoms with Gasteiger partial charge < -0.3 is 10.6 Å². The van der Waals surface area contributed by atoms with Crippen LogP contribution in [0, 0.1) is 0 Å². The number of piperidine rings is 1. The molecule has 3 rings (SSSR count). The van der Waals surface area contributed by atoms with Crippen molar-refractivity contribution in [2.45, 2.75) is 25.1 Å². The Hall–Kier alpha value is -1.41. The van der Waals surface area contributed by atoms with Crippen molar-refractivity contribution in [3.05, 3.63) is 28.4 Å². The van der Waals surface area contributed by atoms with Gasteiger partial charge in [0.05, 0.1) is 11.1 Å². The van der Waals surface area contributed by atoms with E-state index in [0.717, 1.165) is 38.1 Å². The lowest BCUT2D eigenvalue weighted by atomic mass is 10.1. The second-order valence-electron chi connectivity index (χ2n) is 5.26. The van der Waals surface area contributed by atoms with Crippen LogP contribution in [0.15, 0.2) is 22.8 Å². The molecule has 1 aliphatic rings. The molecule has 0 atom stereocenters. The van der Waals surface area contributed by atoms with Crippen LogP contribution < -0.4 is 10.6 Å². The highest BCUT2D eigenvalue weighted by atomic mass is 79.9. The van der Waals surface area contributed by atoms with E-state index in [1.165, 1.54) is 6.20 Å². The van der Waals surface area contributed by atoms with Crippen molar-refractivity contribution in [2.75, 3.05) is 18.4 Å². The molecule has 0 saturated carbocycles. The fourth-order valence-electron chi connectivity index (χ4n) is 2.48. The Morgan fingerprint density at radius 2 is 1.95 bits per heavy atom. The van der Waals surface area contributed by atoms with E-state index in [1.807, 2.05) is 0 Å². The molecule has 1 aliphatic heterocycles. The minimum absolute atomic E-state index is 0.284. The third-order valence-electron chi connectivity index (χ3n) is 3.64. The number of fused-ring (bicyclic) bond motifs is 1. The normalized spacial score (nSPS) is 16.9. The Labute approximate surface area is 133 Å². The minimum Gasteiger partial charge on any atom is -0.351 e. The van der Waals surface area contributed by atoms with Gasteiger partial charge in [-0.15, -0.1) is 0 Å². The van der Waals surface area contributed by atoms with Gasteiger partial charge >= 0.3 is 6.18 Å². The molecule has 1 aromatic heterocycles. The Kier molecular flexibility index (Phi) is 4.22. The second-order valence-corrected chi connectivity index (χ2v) is 6.11. The van der Waals surface area contributed by atoms with E-state index in [0.29, 0.717) is 21.3 Å². The molecule has 2 N–H and O–H groups in total. The van der Waals surface area contributed by atoms with E-state index in [2.05, 4.69) is 36.5 Å². The third-order valence-corrected chi connectivity index (χ3v) is 4.24. The summed E-state index contributed by atoms with van der Waals surface area (Å²) in [4.78, 5) is 8.47. The number of benzene rings is 1. The SMILES string of the molecule is FC(F)(F)c1cc(Br)c2nc(NC3CCNCC3)ncc2c1. The van der Waals surface area contributed by atoms with Gasteiger partial charge in [-0.3, -0.25) is 0 Å². The van der Waals surface area contributed by atoms with Crippen LogP contribution in [0.1, 0.15) is 18.4 Å². The van der Waals surface area contributed by atoms with E-state index in [1.54, 1.807) is 0 Å². The van der Waals surface area contributed by atoms with Gasteiger partial charge in [-0.25, -0.2) is 9.97 Å². The van der Waals surface area contributed by atoms with Gasteiger partial charge in [-0.05, 0) is 54.0 Å². The van der Waals surface area contributed by atoms with Crippen LogP contribution in [0.25, 0.3) is 10.9 Å². The van der Waals surface area contributed by atoms with Gasteiger partial charge in [-0.2, -0.15) is 13.2 Å². The summed E-state index contributed by atoms with van der Waals surface area (Å²) in [6, 6.07) is 2.39. The number of nitrogens with one attached hydrogen (secondary N) is 2. The van der Waals surface area contributed by atoms with Crippen molar-refractivity contribution in [3.8, 4) is 0 Å². The Balaban J connectivity index is 1.91. The standard InChI is InChI=1S/C14H14BrF3N4/c15-11-6-9(14(16,17)18)5-8-7-20-13(22-12(8)11)21-10-1-3-19-4-2-10/h5-7,10,19H,1-4H2,(H,20,21,22). The number of nitrogens with zero attached hydrogens (tertiary/aromatic N) is 2. The zero-order valence-corrected chi connectivity index (χ0v) is 13.1. The average Bonchev–Trinajstić information content (AvgIpc) is 2.48. The number of alkyl halides is 3. The molecule has 1 fully saturated rings. The van der Waals surface area contributed by atoms with Crippen LogP contribution in [0.3, 0.4) is 0 Å². The predicted octanol–water partition coefficient (Wildman–Crippen LogP) is 3.58. The van der Waals surface area contributed by atoms with Crippen LogP contribution in [-0.2, 0) is 6.18 Å². The Morgan fingerprint density at radius 3 is 2.64 bits per heavy atom. The molecule has 0 aliphatic carbocycles. The van der Waals surface area contributed by atoms with Gasteiger partial charge in [0.15, 0.2) is 0 Å². The number of hydrogen-bond donors (Lipinski definition) is 2. The number of rotatable bonds is 2. The topological polar surface area (TPSA) is 49.8 Å². The summed E-state index contributed by atoms with van der Waals surface area (Å²) in [6.45, 7) is 1.87. The fraction of sp³-hybridized carbons (Fsp3) is 0.429. The quantitative estimate of drug-likeness (QED) is 0.843. The molecular formula is C14H14BrF3N4. The minimum atomic E-state index is -4.39. The molecule has 22 heavy (non-hydrogen) atoms. The molecule has 0 amide bonds. The monoisotopic (exact) mass is 374 g/mol. The second kappa shape index (κ2) is 6.00. The summed E-state index contributed by atoms with van der Waals surface area (Å²) >= 11 is 3.17. The maximum atomic E-state index is 12.8.